The maximum Gasteiger partial charge on any atom is 0.260 e. The summed E-state index contributed by atoms with van der Waals surface area (Å²) in [4.78, 5) is 21.0. The number of aromatic nitrogens is 3. The van der Waals surface area contributed by atoms with E-state index in [1.807, 2.05) is 0 Å². The first-order chi connectivity index (χ1) is 16.9. The van der Waals surface area contributed by atoms with Gasteiger partial charge in [-0.3, -0.25) is 14.1 Å². The molecule has 0 aliphatic heterocycles. The predicted octanol–water partition coefficient (Wildman–Crippen LogP) is 4.12. The number of nitrogen functional groups attached to an aromatic ring is 1. The molecule has 188 valence electrons. The molecular formula is C23H19F4N5O3S. The second-order valence-corrected chi connectivity index (χ2v) is 9.92. The van der Waals surface area contributed by atoms with Gasteiger partial charge in [0.25, 0.3) is 5.56 Å². The largest absolute Gasteiger partial charge is 0.368 e. The molecule has 0 saturated heterocycles. The zero-order valence-corrected chi connectivity index (χ0v) is 19.7. The van der Waals surface area contributed by atoms with Crippen LogP contribution in [0.2, 0.25) is 0 Å². The van der Waals surface area contributed by atoms with Crippen LogP contribution < -0.4 is 16.0 Å². The van der Waals surface area contributed by atoms with E-state index in [-0.39, 0.29) is 22.5 Å². The van der Waals surface area contributed by atoms with Gasteiger partial charge in [-0.25, -0.2) is 31.0 Å². The SMILES string of the molecule is CC(C)n1c(=O)c(-c2cc(F)c(NS(=O)(=O)Cc3ccccc3F)c(F)c2F)cc2cnc(N)nc21. The molecule has 2 heterocycles. The van der Waals surface area contributed by atoms with Crippen LogP contribution in [-0.4, -0.2) is 23.0 Å². The first kappa shape index (κ1) is 25.1. The smallest absolute Gasteiger partial charge is 0.260 e. The van der Waals surface area contributed by atoms with E-state index >= 15 is 4.39 Å². The summed E-state index contributed by atoms with van der Waals surface area (Å²) in [5.74, 6) is -6.91. The van der Waals surface area contributed by atoms with Crippen molar-refractivity contribution in [3.63, 3.8) is 0 Å². The summed E-state index contributed by atoms with van der Waals surface area (Å²) in [5, 5.41) is 0.252. The summed E-state index contributed by atoms with van der Waals surface area (Å²) in [6.45, 7) is 3.29. The molecule has 2 aromatic carbocycles. The van der Waals surface area contributed by atoms with E-state index in [0.29, 0.717) is 6.07 Å². The zero-order valence-electron chi connectivity index (χ0n) is 18.9. The number of halogens is 4. The van der Waals surface area contributed by atoms with Gasteiger partial charge in [-0.2, -0.15) is 4.98 Å². The Labute approximate surface area is 202 Å². The number of nitrogens with zero attached hydrogens (tertiary/aromatic N) is 3. The Morgan fingerprint density at radius 2 is 1.72 bits per heavy atom. The molecule has 0 atom stereocenters. The molecule has 0 saturated carbocycles. The van der Waals surface area contributed by atoms with Crippen molar-refractivity contribution >= 4 is 32.7 Å². The molecule has 4 rings (SSSR count). The topological polar surface area (TPSA) is 120 Å². The van der Waals surface area contributed by atoms with Gasteiger partial charge in [-0.1, -0.05) is 18.2 Å². The second kappa shape index (κ2) is 9.22. The minimum Gasteiger partial charge on any atom is -0.368 e. The number of rotatable bonds is 6. The number of hydrogen-bond donors (Lipinski definition) is 2. The van der Waals surface area contributed by atoms with Crippen LogP contribution in [0.15, 0.2) is 47.4 Å². The normalized spacial score (nSPS) is 11.9. The molecule has 4 aromatic rings. The fourth-order valence-corrected chi connectivity index (χ4v) is 4.92. The summed E-state index contributed by atoms with van der Waals surface area (Å²) in [6, 6.07) is 6.11. The number of nitrogens with one attached hydrogen (secondary N) is 1. The van der Waals surface area contributed by atoms with Crippen molar-refractivity contribution in [3.05, 3.63) is 81.8 Å². The Bertz CT molecular complexity index is 1670. The molecule has 0 aliphatic carbocycles. The Kier molecular flexibility index (Phi) is 6.43. The van der Waals surface area contributed by atoms with E-state index in [9.17, 15) is 26.4 Å². The lowest BCUT2D eigenvalue weighted by Gasteiger charge is -2.17. The lowest BCUT2D eigenvalue weighted by atomic mass is 10.0. The van der Waals surface area contributed by atoms with Crippen molar-refractivity contribution in [2.75, 3.05) is 10.5 Å². The molecule has 0 unspecified atom stereocenters. The molecule has 0 fully saturated rings. The summed E-state index contributed by atoms with van der Waals surface area (Å²) in [7, 11) is -4.54. The lowest BCUT2D eigenvalue weighted by molar-refractivity contribution is 0.502. The van der Waals surface area contributed by atoms with Crippen LogP contribution in [0, 0.1) is 23.3 Å². The van der Waals surface area contributed by atoms with Crippen LogP contribution in [0.25, 0.3) is 22.2 Å². The molecule has 0 amide bonds. The fourth-order valence-electron chi connectivity index (χ4n) is 3.70. The quantitative estimate of drug-likeness (QED) is 0.291. The molecule has 0 bridgehead atoms. The third-order valence-corrected chi connectivity index (χ3v) is 6.52. The Balaban J connectivity index is 1.82. The van der Waals surface area contributed by atoms with Gasteiger partial charge in [0, 0.05) is 28.8 Å². The average molecular weight is 521 g/mol. The average Bonchev–Trinajstić information content (AvgIpc) is 2.80. The number of pyridine rings is 1. The van der Waals surface area contributed by atoms with Gasteiger partial charge in [0.2, 0.25) is 16.0 Å². The van der Waals surface area contributed by atoms with Crippen molar-refractivity contribution < 1.29 is 26.0 Å². The van der Waals surface area contributed by atoms with Crippen molar-refractivity contribution in [2.45, 2.75) is 25.6 Å². The van der Waals surface area contributed by atoms with Crippen molar-refractivity contribution in [1.82, 2.24) is 14.5 Å². The molecule has 8 nitrogen and oxygen atoms in total. The standard InChI is InChI=1S/C23H19F4N5O3S/c1-11(2)32-21-13(9-29-23(28)30-21)7-15(22(32)33)14-8-17(25)20(19(27)18(14)26)31-36(34,35)10-12-5-3-4-6-16(12)24/h3-9,11,31H,10H2,1-2H3,(H2,28,29,30). The van der Waals surface area contributed by atoms with Gasteiger partial charge in [-0.05, 0) is 32.0 Å². The van der Waals surface area contributed by atoms with Gasteiger partial charge in [0.15, 0.2) is 17.5 Å². The molecule has 13 heteroatoms. The van der Waals surface area contributed by atoms with Gasteiger partial charge in [0.1, 0.15) is 17.2 Å². The van der Waals surface area contributed by atoms with E-state index in [1.54, 1.807) is 18.6 Å². The molecule has 2 aromatic heterocycles. The fraction of sp³-hybridized carbons (Fsp3) is 0.174. The highest BCUT2D eigenvalue weighted by molar-refractivity contribution is 7.91. The van der Waals surface area contributed by atoms with Crippen LogP contribution in [0.5, 0.6) is 0 Å². The van der Waals surface area contributed by atoms with Crippen LogP contribution in [-0.2, 0) is 15.8 Å². The molecule has 0 spiro atoms. The maximum absolute atomic E-state index is 15.1. The van der Waals surface area contributed by atoms with Crippen LogP contribution >= 0.6 is 0 Å². The third kappa shape index (κ3) is 4.61. The molecule has 36 heavy (non-hydrogen) atoms. The third-order valence-electron chi connectivity index (χ3n) is 5.32. The predicted molar refractivity (Wildman–Crippen MR) is 127 cm³/mol. The summed E-state index contributed by atoms with van der Waals surface area (Å²) in [5.41, 5.74) is 2.26. The lowest BCUT2D eigenvalue weighted by Crippen LogP contribution is -2.25. The summed E-state index contributed by atoms with van der Waals surface area (Å²) >= 11 is 0. The number of anilines is 2. The monoisotopic (exact) mass is 521 g/mol. The number of nitrogens with two attached hydrogens (primary N) is 1. The maximum atomic E-state index is 15.1. The van der Waals surface area contributed by atoms with E-state index in [2.05, 4.69) is 9.97 Å². The highest BCUT2D eigenvalue weighted by Crippen LogP contribution is 2.32. The molecule has 3 N–H and O–H groups in total. The minimum atomic E-state index is -4.54. The number of hydrogen-bond acceptors (Lipinski definition) is 6. The Morgan fingerprint density at radius 1 is 1.03 bits per heavy atom. The van der Waals surface area contributed by atoms with Gasteiger partial charge in [0.05, 0.1) is 11.3 Å². The second-order valence-electron chi connectivity index (χ2n) is 8.20. The van der Waals surface area contributed by atoms with Gasteiger partial charge in [-0.15, -0.1) is 0 Å². The summed E-state index contributed by atoms with van der Waals surface area (Å²) < 4.78 is 86.5. The van der Waals surface area contributed by atoms with E-state index in [0.717, 1.165) is 12.1 Å². The van der Waals surface area contributed by atoms with Crippen LogP contribution in [0.3, 0.4) is 0 Å². The molecule has 0 radical (unpaired) electrons. The zero-order chi connectivity index (χ0) is 26.4. The highest BCUT2D eigenvalue weighted by Gasteiger charge is 2.26. The first-order valence-electron chi connectivity index (χ1n) is 10.5. The van der Waals surface area contributed by atoms with E-state index in [4.69, 9.17) is 5.73 Å². The highest BCUT2D eigenvalue weighted by atomic mass is 32.2. The first-order valence-corrected chi connectivity index (χ1v) is 12.1. The Morgan fingerprint density at radius 3 is 2.39 bits per heavy atom. The number of benzene rings is 2. The van der Waals surface area contributed by atoms with Gasteiger partial charge >= 0.3 is 0 Å². The van der Waals surface area contributed by atoms with Crippen LogP contribution in [0.4, 0.5) is 29.2 Å². The van der Waals surface area contributed by atoms with E-state index < -0.39 is 67.5 Å². The van der Waals surface area contributed by atoms with Crippen molar-refractivity contribution in [3.8, 4) is 11.1 Å². The number of sulfonamides is 1. The Hall–Kier alpha value is -4.00. The van der Waals surface area contributed by atoms with Crippen molar-refractivity contribution in [1.29, 1.82) is 0 Å². The number of fused-ring (bicyclic) bond motifs is 1. The van der Waals surface area contributed by atoms with Gasteiger partial charge < -0.3 is 5.73 Å². The molecular weight excluding hydrogens is 502 g/mol. The minimum absolute atomic E-state index is 0.112. The summed E-state index contributed by atoms with van der Waals surface area (Å²) in [6.07, 6.45) is 1.27. The van der Waals surface area contributed by atoms with Crippen LogP contribution in [0.1, 0.15) is 25.5 Å². The molecule has 0 aliphatic rings. The van der Waals surface area contributed by atoms with E-state index in [1.165, 1.54) is 29.0 Å². The van der Waals surface area contributed by atoms with Crippen molar-refractivity contribution in [2.24, 2.45) is 0 Å².